The molecule has 1 saturated heterocycles. The number of benzene rings is 1. The van der Waals surface area contributed by atoms with Crippen molar-refractivity contribution in [3.8, 4) is 11.4 Å². The van der Waals surface area contributed by atoms with Gasteiger partial charge in [0.25, 0.3) is 0 Å². The summed E-state index contributed by atoms with van der Waals surface area (Å²) in [5.74, 6) is 0.633. The van der Waals surface area contributed by atoms with Gasteiger partial charge < -0.3 is 14.5 Å². The summed E-state index contributed by atoms with van der Waals surface area (Å²) in [4.78, 5) is 29.4. The quantitative estimate of drug-likeness (QED) is 0.522. The smallest absolute Gasteiger partial charge is 0.332 e. The van der Waals surface area contributed by atoms with Crippen molar-refractivity contribution in [1.29, 1.82) is 0 Å². The van der Waals surface area contributed by atoms with E-state index in [0.717, 1.165) is 48.2 Å². The Kier molecular flexibility index (Phi) is 5.30. The molecule has 8 nitrogen and oxygen atoms in total. The highest BCUT2D eigenvalue weighted by Gasteiger charge is 2.22. The number of hydrogen-bond donors (Lipinski definition) is 1. The van der Waals surface area contributed by atoms with Crippen molar-refractivity contribution in [2.24, 2.45) is 0 Å². The van der Waals surface area contributed by atoms with Crippen LogP contribution in [0.15, 0.2) is 47.5 Å². The topological polar surface area (TPSA) is 79.3 Å². The summed E-state index contributed by atoms with van der Waals surface area (Å²) < 4.78 is 7.43. The number of nitrogens with zero attached hydrogens (tertiary/aromatic N) is 5. The van der Waals surface area contributed by atoms with Gasteiger partial charge in [0.05, 0.1) is 17.8 Å². The number of pyridine rings is 2. The molecule has 0 bridgehead atoms. The first-order chi connectivity index (χ1) is 15.6. The lowest BCUT2D eigenvalue weighted by atomic mass is 10.0. The van der Waals surface area contributed by atoms with Gasteiger partial charge in [-0.15, -0.1) is 0 Å². The molecule has 8 heteroatoms. The molecule has 0 unspecified atom stereocenters. The van der Waals surface area contributed by atoms with Crippen molar-refractivity contribution in [3.63, 3.8) is 0 Å². The van der Waals surface area contributed by atoms with Gasteiger partial charge in [0.2, 0.25) is 0 Å². The van der Waals surface area contributed by atoms with Crippen LogP contribution in [0.3, 0.4) is 0 Å². The predicted octanol–water partition coefficient (Wildman–Crippen LogP) is 3.19. The summed E-state index contributed by atoms with van der Waals surface area (Å²) in [7, 11) is 4.30. The third-order valence-corrected chi connectivity index (χ3v) is 6.33. The van der Waals surface area contributed by atoms with E-state index >= 15 is 0 Å². The van der Waals surface area contributed by atoms with Crippen molar-refractivity contribution in [1.82, 2.24) is 24.4 Å². The van der Waals surface area contributed by atoms with Crippen LogP contribution in [0.25, 0.3) is 27.8 Å². The summed E-state index contributed by atoms with van der Waals surface area (Å²) in [5.41, 5.74) is 3.76. The van der Waals surface area contributed by atoms with E-state index in [4.69, 9.17) is 4.74 Å². The van der Waals surface area contributed by atoms with Gasteiger partial charge in [-0.2, -0.15) is 0 Å². The Hall–Kier alpha value is -3.39. The molecule has 1 N–H and O–H groups in total. The SMILES string of the molecule is CCOc1ccnc2[nH]c(=O)n(-c3ccc4nccc(N5CCC(N(C)C)CC5)c4c3)c12. The summed E-state index contributed by atoms with van der Waals surface area (Å²) in [5, 5.41) is 1.04. The van der Waals surface area contributed by atoms with Gasteiger partial charge in [0, 0.05) is 48.7 Å². The van der Waals surface area contributed by atoms with Crippen LogP contribution in [0, 0.1) is 0 Å². The third kappa shape index (κ3) is 3.50. The molecule has 0 saturated carbocycles. The van der Waals surface area contributed by atoms with E-state index in [2.05, 4.69) is 44.9 Å². The van der Waals surface area contributed by atoms with E-state index in [1.807, 2.05) is 31.3 Å². The molecule has 0 spiro atoms. The number of rotatable bonds is 5. The minimum absolute atomic E-state index is 0.240. The molecule has 4 heterocycles. The number of imidazole rings is 1. The average molecular weight is 433 g/mol. The molecule has 3 aromatic heterocycles. The number of H-pyrrole nitrogens is 1. The molecule has 1 aliphatic heterocycles. The Morgan fingerprint density at radius 3 is 2.66 bits per heavy atom. The van der Waals surface area contributed by atoms with Crippen molar-refractivity contribution in [2.45, 2.75) is 25.8 Å². The number of aromatic amines is 1. The monoisotopic (exact) mass is 432 g/mol. The van der Waals surface area contributed by atoms with Gasteiger partial charge in [-0.1, -0.05) is 0 Å². The van der Waals surface area contributed by atoms with E-state index in [1.165, 1.54) is 0 Å². The van der Waals surface area contributed by atoms with Crippen LogP contribution in [0.2, 0.25) is 0 Å². The van der Waals surface area contributed by atoms with Crippen LogP contribution in [-0.2, 0) is 0 Å². The summed E-state index contributed by atoms with van der Waals surface area (Å²) in [6.45, 7) is 4.43. The zero-order valence-electron chi connectivity index (χ0n) is 18.7. The maximum atomic E-state index is 12.9. The van der Waals surface area contributed by atoms with Crippen LogP contribution < -0.4 is 15.3 Å². The first kappa shape index (κ1) is 20.5. The number of fused-ring (bicyclic) bond motifs is 2. The molecule has 5 rings (SSSR count). The second-order valence-corrected chi connectivity index (χ2v) is 8.42. The van der Waals surface area contributed by atoms with Gasteiger partial charge >= 0.3 is 5.69 Å². The second kappa shape index (κ2) is 8.27. The fourth-order valence-corrected chi connectivity index (χ4v) is 4.68. The standard InChI is InChI=1S/C24H28N6O2/c1-4-32-21-8-12-26-23-22(21)30(24(31)27-23)17-5-6-19-18(15-17)20(7-11-25-19)29-13-9-16(10-14-29)28(2)3/h5-8,11-12,15-16H,4,9-10,13-14H2,1-3H3,(H,26,27,31). The van der Waals surface area contributed by atoms with E-state index in [1.54, 1.807) is 16.8 Å². The normalized spacial score (nSPS) is 15.2. The van der Waals surface area contributed by atoms with E-state index < -0.39 is 0 Å². The van der Waals surface area contributed by atoms with Crippen LogP contribution in [0.5, 0.6) is 5.75 Å². The molecule has 0 amide bonds. The number of aromatic nitrogens is 4. The minimum atomic E-state index is -0.240. The lowest BCUT2D eigenvalue weighted by molar-refractivity contribution is 0.250. The Morgan fingerprint density at radius 2 is 1.91 bits per heavy atom. The van der Waals surface area contributed by atoms with Gasteiger partial charge in [-0.05, 0) is 58.1 Å². The van der Waals surface area contributed by atoms with E-state index in [0.29, 0.717) is 29.6 Å². The highest BCUT2D eigenvalue weighted by Crippen LogP contribution is 2.31. The molecule has 4 aromatic rings. The van der Waals surface area contributed by atoms with Crippen LogP contribution in [-0.4, -0.2) is 64.3 Å². The largest absolute Gasteiger partial charge is 0.491 e. The van der Waals surface area contributed by atoms with Crippen molar-refractivity contribution in [3.05, 3.63) is 53.2 Å². The fourth-order valence-electron chi connectivity index (χ4n) is 4.68. The van der Waals surface area contributed by atoms with Crippen molar-refractivity contribution in [2.75, 3.05) is 38.7 Å². The fraction of sp³-hybridized carbons (Fsp3) is 0.375. The lowest BCUT2D eigenvalue weighted by Gasteiger charge is -2.37. The van der Waals surface area contributed by atoms with Crippen LogP contribution >= 0.6 is 0 Å². The van der Waals surface area contributed by atoms with Crippen molar-refractivity contribution < 1.29 is 4.74 Å². The van der Waals surface area contributed by atoms with Gasteiger partial charge in [-0.3, -0.25) is 14.5 Å². The molecular formula is C24H28N6O2. The van der Waals surface area contributed by atoms with Gasteiger partial charge in [0.15, 0.2) is 5.65 Å². The Labute approximate surface area is 186 Å². The average Bonchev–Trinajstić information content (AvgIpc) is 3.15. The number of nitrogens with one attached hydrogen (secondary N) is 1. The predicted molar refractivity (Wildman–Crippen MR) is 127 cm³/mol. The second-order valence-electron chi connectivity index (χ2n) is 8.42. The zero-order chi connectivity index (χ0) is 22.2. The molecule has 1 fully saturated rings. The van der Waals surface area contributed by atoms with Crippen molar-refractivity contribution >= 4 is 27.8 Å². The Morgan fingerprint density at radius 1 is 1.12 bits per heavy atom. The van der Waals surface area contributed by atoms with E-state index in [9.17, 15) is 4.79 Å². The summed E-state index contributed by atoms with van der Waals surface area (Å²) in [6, 6.07) is 10.4. The molecule has 0 radical (unpaired) electrons. The van der Waals surface area contributed by atoms with E-state index in [-0.39, 0.29) is 5.69 Å². The lowest BCUT2D eigenvalue weighted by Crippen LogP contribution is -2.42. The van der Waals surface area contributed by atoms with Crippen LogP contribution in [0.4, 0.5) is 5.69 Å². The Bertz CT molecular complexity index is 1320. The number of hydrogen-bond acceptors (Lipinski definition) is 6. The first-order valence-corrected chi connectivity index (χ1v) is 11.1. The highest BCUT2D eigenvalue weighted by molar-refractivity contribution is 5.93. The summed E-state index contributed by atoms with van der Waals surface area (Å²) >= 11 is 0. The van der Waals surface area contributed by atoms with Gasteiger partial charge in [-0.25, -0.2) is 9.78 Å². The number of ether oxygens (including phenoxy) is 1. The van der Waals surface area contributed by atoms with Gasteiger partial charge in [0.1, 0.15) is 11.3 Å². The van der Waals surface area contributed by atoms with Crippen LogP contribution in [0.1, 0.15) is 19.8 Å². The molecule has 1 aromatic carbocycles. The minimum Gasteiger partial charge on any atom is -0.491 e. The molecule has 32 heavy (non-hydrogen) atoms. The number of piperidine rings is 1. The molecule has 166 valence electrons. The summed E-state index contributed by atoms with van der Waals surface area (Å²) in [6.07, 6.45) is 5.77. The Balaban J connectivity index is 1.61. The third-order valence-electron chi connectivity index (χ3n) is 6.33. The molecule has 0 aliphatic carbocycles. The zero-order valence-corrected chi connectivity index (χ0v) is 18.7. The maximum Gasteiger partial charge on any atom is 0.332 e. The highest BCUT2D eigenvalue weighted by atomic mass is 16.5. The maximum absolute atomic E-state index is 12.9. The number of anilines is 1. The molecule has 0 atom stereocenters. The molecule has 1 aliphatic rings. The molecular weight excluding hydrogens is 404 g/mol. The first-order valence-electron chi connectivity index (χ1n) is 11.1.